The molecule has 0 amide bonds. The first kappa shape index (κ1) is 17.3. The van der Waals surface area contributed by atoms with E-state index in [9.17, 15) is 8.42 Å². The fraction of sp³-hybridized carbons (Fsp3) is 0.353. The molecule has 1 aromatic carbocycles. The van der Waals surface area contributed by atoms with Crippen molar-refractivity contribution in [1.82, 2.24) is 4.31 Å². The first-order valence-electron chi connectivity index (χ1n) is 7.76. The molecule has 0 spiro atoms. The average Bonchev–Trinajstić information content (AvgIpc) is 3.00. The second kappa shape index (κ2) is 7.14. The minimum atomic E-state index is -3.57. The van der Waals surface area contributed by atoms with Gasteiger partial charge in [0.1, 0.15) is 4.90 Å². The number of hydrogen-bond acceptors (Lipinski definition) is 5. The van der Waals surface area contributed by atoms with Crippen LogP contribution in [0.3, 0.4) is 0 Å². The number of aliphatic imine (C=N–C) groups is 1. The van der Waals surface area contributed by atoms with Gasteiger partial charge in [-0.3, -0.25) is 4.99 Å². The Morgan fingerprint density at radius 2 is 1.92 bits per heavy atom. The molecule has 5 nitrogen and oxygen atoms in total. The van der Waals surface area contributed by atoms with Crippen LogP contribution in [0.25, 0.3) is 0 Å². The molecule has 0 bridgehead atoms. The molecule has 2 aromatic rings. The van der Waals surface area contributed by atoms with Gasteiger partial charge < -0.3 is 4.74 Å². The summed E-state index contributed by atoms with van der Waals surface area (Å²) in [5.41, 5.74) is 1.37. The van der Waals surface area contributed by atoms with E-state index in [2.05, 4.69) is 4.99 Å². The monoisotopic (exact) mass is 364 g/mol. The van der Waals surface area contributed by atoms with E-state index >= 15 is 0 Å². The molecule has 24 heavy (non-hydrogen) atoms. The van der Waals surface area contributed by atoms with Gasteiger partial charge in [-0.05, 0) is 43.7 Å². The summed E-state index contributed by atoms with van der Waals surface area (Å²) in [4.78, 5) is 6.90. The van der Waals surface area contributed by atoms with E-state index < -0.39 is 10.0 Å². The number of rotatable bonds is 4. The zero-order valence-corrected chi connectivity index (χ0v) is 15.4. The highest BCUT2D eigenvalue weighted by Gasteiger charge is 2.28. The highest BCUT2D eigenvalue weighted by atomic mass is 32.2. The van der Waals surface area contributed by atoms with Crippen LogP contribution >= 0.6 is 11.3 Å². The van der Waals surface area contributed by atoms with Gasteiger partial charge in [0.05, 0.1) is 18.9 Å². The topological polar surface area (TPSA) is 59.0 Å². The Labute approximate surface area is 146 Å². The Kier molecular flexibility index (Phi) is 5.15. The van der Waals surface area contributed by atoms with E-state index in [1.54, 1.807) is 29.7 Å². The maximum absolute atomic E-state index is 13.0. The molecule has 1 saturated heterocycles. The van der Waals surface area contributed by atoms with Crippen molar-refractivity contribution in [1.29, 1.82) is 0 Å². The number of ether oxygens (including phenoxy) is 1. The molecule has 128 valence electrons. The van der Waals surface area contributed by atoms with Crippen molar-refractivity contribution in [2.45, 2.75) is 18.7 Å². The lowest BCUT2D eigenvalue weighted by Crippen LogP contribution is -2.40. The standard InChI is InChI=1S/C17H20N2O3S2/c1-13-3-6-16(18-12-15-5-4-14(2)23-15)17(11-13)24(20,21)19-7-9-22-10-8-19/h3-6,11-12H,7-10H2,1-2H3. The first-order valence-corrected chi connectivity index (χ1v) is 10.0. The Hall–Kier alpha value is -1.54. The predicted molar refractivity (Wildman–Crippen MR) is 97.1 cm³/mol. The fourth-order valence-electron chi connectivity index (χ4n) is 2.52. The highest BCUT2D eigenvalue weighted by Crippen LogP contribution is 2.29. The van der Waals surface area contributed by atoms with Crippen molar-refractivity contribution >= 4 is 33.3 Å². The predicted octanol–water partition coefficient (Wildman–Crippen LogP) is 3.14. The number of aryl methyl sites for hydroxylation is 2. The summed E-state index contributed by atoms with van der Waals surface area (Å²) in [5, 5.41) is 0. The summed E-state index contributed by atoms with van der Waals surface area (Å²) in [6.07, 6.45) is 1.72. The van der Waals surface area contributed by atoms with Crippen molar-refractivity contribution in [2.24, 2.45) is 4.99 Å². The molecule has 0 aliphatic carbocycles. The second-order valence-corrected chi connectivity index (χ2v) is 8.92. The van der Waals surface area contributed by atoms with E-state index in [0.717, 1.165) is 10.4 Å². The minimum Gasteiger partial charge on any atom is -0.379 e. The lowest BCUT2D eigenvalue weighted by molar-refractivity contribution is 0.0730. The third kappa shape index (κ3) is 3.75. The number of morpholine rings is 1. The molecule has 0 saturated carbocycles. The Balaban J connectivity index is 1.97. The SMILES string of the molecule is Cc1ccc(N=Cc2ccc(C)s2)c(S(=O)(=O)N2CCOCC2)c1. The van der Waals surface area contributed by atoms with Gasteiger partial charge in [0, 0.05) is 29.1 Å². The molecule has 7 heteroatoms. The van der Waals surface area contributed by atoms with Gasteiger partial charge in [0.15, 0.2) is 0 Å². The van der Waals surface area contributed by atoms with Gasteiger partial charge >= 0.3 is 0 Å². The summed E-state index contributed by atoms with van der Waals surface area (Å²) < 4.78 is 32.7. The zero-order valence-electron chi connectivity index (χ0n) is 13.7. The third-order valence-corrected chi connectivity index (χ3v) is 6.66. The van der Waals surface area contributed by atoms with Crippen LogP contribution in [0.2, 0.25) is 0 Å². The molecule has 3 rings (SSSR count). The normalized spacial score (nSPS) is 16.8. The van der Waals surface area contributed by atoms with Crippen molar-refractivity contribution in [3.8, 4) is 0 Å². The number of thiophene rings is 1. The zero-order chi connectivity index (χ0) is 17.2. The highest BCUT2D eigenvalue weighted by molar-refractivity contribution is 7.89. The second-order valence-electron chi connectivity index (χ2n) is 5.69. The molecule has 1 fully saturated rings. The quantitative estimate of drug-likeness (QED) is 0.783. The van der Waals surface area contributed by atoms with Crippen molar-refractivity contribution < 1.29 is 13.2 Å². The Morgan fingerprint density at radius 1 is 1.17 bits per heavy atom. The van der Waals surface area contributed by atoms with Crippen molar-refractivity contribution in [3.05, 3.63) is 45.6 Å². The van der Waals surface area contributed by atoms with E-state index in [4.69, 9.17) is 4.74 Å². The van der Waals surface area contributed by atoms with Gasteiger partial charge in [-0.2, -0.15) is 4.31 Å². The molecule has 1 aliphatic heterocycles. The number of hydrogen-bond donors (Lipinski definition) is 0. The summed E-state index contributed by atoms with van der Waals surface area (Å²) in [7, 11) is -3.57. The molecule has 0 radical (unpaired) electrons. The summed E-state index contributed by atoms with van der Waals surface area (Å²) in [6, 6.07) is 9.34. The number of sulfonamides is 1. The van der Waals surface area contributed by atoms with Crippen LogP contribution in [0.4, 0.5) is 5.69 Å². The molecule has 0 unspecified atom stereocenters. The van der Waals surface area contributed by atoms with Gasteiger partial charge in [0.2, 0.25) is 10.0 Å². The van der Waals surface area contributed by atoms with Crippen LogP contribution in [0.5, 0.6) is 0 Å². The molecule has 1 aromatic heterocycles. The summed E-state index contributed by atoms with van der Waals surface area (Å²) >= 11 is 1.63. The molecule has 0 atom stereocenters. The average molecular weight is 364 g/mol. The van der Waals surface area contributed by atoms with Crippen molar-refractivity contribution in [3.63, 3.8) is 0 Å². The van der Waals surface area contributed by atoms with Crippen LogP contribution in [-0.4, -0.2) is 45.2 Å². The van der Waals surface area contributed by atoms with E-state index in [1.165, 1.54) is 9.18 Å². The number of nitrogens with zero attached hydrogens (tertiary/aromatic N) is 2. The van der Waals surface area contributed by atoms with E-state index in [-0.39, 0.29) is 4.90 Å². The maximum atomic E-state index is 13.0. The number of benzene rings is 1. The smallest absolute Gasteiger partial charge is 0.245 e. The van der Waals surface area contributed by atoms with Gasteiger partial charge in [0.25, 0.3) is 0 Å². The lowest BCUT2D eigenvalue weighted by Gasteiger charge is -2.26. The Bertz CT molecular complexity index is 850. The molecular formula is C17H20N2O3S2. The van der Waals surface area contributed by atoms with Crippen LogP contribution in [0.1, 0.15) is 15.3 Å². The van der Waals surface area contributed by atoms with Crippen LogP contribution in [0, 0.1) is 13.8 Å². The molecule has 0 N–H and O–H groups in total. The summed E-state index contributed by atoms with van der Waals surface area (Å²) in [6.45, 7) is 5.53. The maximum Gasteiger partial charge on any atom is 0.245 e. The van der Waals surface area contributed by atoms with Gasteiger partial charge in [-0.1, -0.05) is 6.07 Å². The fourth-order valence-corrected chi connectivity index (χ4v) is 4.89. The molecule has 1 aliphatic rings. The van der Waals surface area contributed by atoms with E-state index in [0.29, 0.717) is 32.0 Å². The van der Waals surface area contributed by atoms with Crippen LogP contribution in [0.15, 0.2) is 40.2 Å². The van der Waals surface area contributed by atoms with Crippen LogP contribution in [-0.2, 0) is 14.8 Å². The summed E-state index contributed by atoms with van der Waals surface area (Å²) in [5.74, 6) is 0. The van der Waals surface area contributed by atoms with Gasteiger partial charge in [-0.25, -0.2) is 8.42 Å². The minimum absolute atomic E-state index is 0.258. The Morgan fingerprint density at radius 3 is 2.58 bits per heavy atom. The third-order valence-electron chi connectivity index (χ3n) is 3.80. The van der Waals surface area contributed by atoms with Gasteiger partial charge in [-0.15, -0.1) is 11.3 Å². The lowest BCUT2D eigenvalue weighted by atomic mass is 10.2. The van der Waals surface area contributed by atoms with E-state index in [1.807, 2.05) is 32.0 Å². The molecule has 2 heterocycles. The van der Waals surface area contributed by atoms with Crippen molar-refractivity contribution in [2.75, 3.05) is 26.3 Å². The molecular weight excluding hydrogens is 344 g/mol. The largest absolute Gasteiger partial charge is 0.379 e. The first-order chi connectivity index (χ1) is 11.5. The van der Waals surface area contributed by atoms with Crippen LogP contribution < -0.4 is 0 Å².